The zero-order valence-electron chi connectivity index (χ0n) is 19.8. The lowest BCUT2D eigenvalue weighted by Gasteiger charge is -2.11. The predicted molar refractivity (Wildman–Crippen MR) is 129 cm³/mol. The number of aromatic nitrogens is 2. The Hall–Kier alpha value is -3.54. The lowest BCUT2D eigenvalue weighted by Crippen LogP contribution is -2.34. The molecule has 192 valence electrons. The van der Waals surface area contributed by atoms with E-state index in [1.54, 1.807) is 41.1 Å². The van der Waals surface area contributed by atoms with Crippen molar-refractivity contribution in [2.45, 2.75) is 38.0 Å². The van der Waals surface area contributed by atoms with E-state index in [1.807, 2.05) is 19.2 Å². The number of rotatable bonds is 9. The molecular formula is C24H25F3N4O4S. The first-order chi connectivity index (χ1) is 16.8. The summed E-state index contributed by atoms with van der Waals surface area (Å²) in [6, 6.07) is 13.2. The number of nitrogens with one attached hydrogen (secondary N) is 1. The molecule has 0 aliphatic carbocycles. The molecule has 12 heteroatoms. The van der Waals surface area contributed by atoms with E-state index in [2.05, 4.69) is 10.3 Å². The van der Waals surface area contributed by atoms with Crippen molar-refractivity contribution in [3.63, 3.8) is 0 Å². The van der Waals surface area contributed by atoms with E-state index in [4.69, 9.17) is 0 Å². The topological polar surface area (TPSA) is 110 Å². The second kappa shape index (κ2) is 10.6. The van der Waals surface area contributed by atoms with Crippen LogP contribution in [0.5, 0.6) is 0 Å². The van der Waals surface area contributed by atoms with Crippen LogP contribution in [0.15, 0.2) is 58.6 Å². The maximum atomic E-state index is 12.5. The fourth-order valence-electron chi connectivity index (χ4n) is 3.63. The summed E-state index contributed by atoms with van der Waals surface area (Å²) in [5.41, 5.74) is 2.72. The van der Waals surface area contributed by atoms with E-state index in [0.29, 0.717) is 34.5 Å². The third kappa shape index (κ3) is 6.78. The second-order valence-electron chi connectivity index (χ2n) is 8.75. The molecule has 1 aromatic heterocycles. The summed E-state index contributed by atoms with van der Waals surface area (Å²) in [6.07, 6.45) is -3.48. The average molecular weight is 523 g/mol. The molecule has 0 fully saturated rings. The quantitative estimate of drug-likeness (QED) is 0.405. The van der Waals surface area contributed by atoms with E-state index < -0.39 is 28.5 Å². The monoisotopic (exact) mass is 522 g/mol. The van der Waals surface area contributed by atoms with Crippen LogP contribution in [0.3, 0.4) is 0 Å². The van der Waals surface area contributed by atoms with Crippen LogP contribution in [0.1, 0.15) is 29.9 Å². The van der Waals surface area contributed by atoms with Crippen molar-refractivity contribution in [2.24, 2.45) is 11.1 Å². The number of carbonyl (C=O) groups is 1. The first-order valence-electron chi connectivity index (χ1n) is 10.9. The standard InChI is InChI=1S/C24H25F3N4O4S/c1-15(2)13-31-21(11-20(30-31)23(32)28-14-24(25,26)27)17-6-4-16(5-7-17)18-8-9-19(12-29-33)22(10-18)36(3,34)35/h4-11,15H,12-14H2,1-3H3,(H,28,32). The molecule has 0 aliphatic heterocycles. The van der Waals surface area contributed by atoms with Gasteiger partial charge in [0.25, 0.3) is 5.91 Å². The number of hydrogen-bond acceptors (Lipinski definition) is 6. The Morgan fingerprint density at radius 2 is 1.67 bits per heavy atom. The number of hydrogen-bond donors (Lipinski definition) is 1. The van der Waals surface area contributed by atoms with Crippen molar-refractivity contribution in [2.75, 3.05) is 12.8 Å². The molecule has 0 aliphatic rings. The second-order valence-corrected chi connectivity index (χ2v) is 10.7. The fraction of sp³-hybridized carbons (Fsp3) is 0.333. The van der Waals surface area contributed by atoms with Crippen molar-refractivity contribution in [1.29, 1.82) is 0 Å². The SMILES string of the molecule is CC(C)Cn1nc(C(=O)NCC(F)(F)F)cc1-c1ccc(-c2ccc(CN=O)c(S(C)(=O)=O)c2)cc1. The summed E-state index contributed by atoms with van der Waals surface area (Å²) in [6.45, 7) is 2.61. The first kappa shape index (κ1) is 27.1. The zero-order chi connectivity index (χ0) is 26.7. The van der Waals surface area contributed by atoms with Crippen LogP contribution in [0.2, 0.25) is 0 Å². The van der Waals surface area contributed by atoms with Gasteiger partial charge in [0, 0.05) is 12.8 Å². The predicted octanol–water partition coefficient (Wildman–Crippen LogP) is 4.84. The Labute approximate surface area is 206 Å². The molecule has 0 spiro atoms. The maximum absolute atomic E-state index is 12.5. The van der Waals surface area contributed by atoms with Crippen LogP contribution in [0, 0.1) is 10.8 Å². The molecule has 0 unspecified atom stereocenters. The number of nitroso groups, excluding NO2 is 1. The third-order valence-corrected chi connectivity index (χ3v) is 6.39. The van der Waals surface area contributed by atoms with Crippen molar-refractivity contribution in [3.8, 4) is 22.4 Å². The van der Waals surface area contributed by atoms with Gasteiger partial charge in [-0.25, -0.2) is 8.42 Å². The van der Waals surface area contributed by atoms with Gasteiger partial charge in [0.15, 0.2) is 15.5 Å². The highest BCUT2D eigenvalue weighted by Gasteiger charge is 2.28. The highest BCUT2D eigenvalue weighted by molar-refractivity contribution is 7.90. The number of carbonyl (C=O) groups excluding carboxylic acids is 1. The molecule has 0 atom stereocenters. The molecule has 2 aromatic carbocycles. The summed E-state index contributed by atoms with van der Waals surface area (Å²) in [7, 11) is -3.59. The van der Waals surface area contributed by atoms with E-state index in [-0.39, 0.29) is 23.1 Å². The van der Waals surface area contributed by atoms with E-state index in [9.17, 15) is 31.3 Å². The lowest BCUT2D eigenvalue weighted by atomic mass is 10.0. The minimum atomic E-state index is -4.53. The van der Waals surface area contributed by atoms with Crippen LogP contribution in [0.25, 0.3) is 22.4 Å². The average Bonchev–Trinajstić information content (AvgIpc) is 3.20. The van der Waals surface area contributed by atoms with Gasteiger partial charge in [0.2, 0.25) is 0 Å². The van der Waals surface area contributed by atoms with Crippen molar-refractivity contribution in [3.05, 3.63) is 64.7 Å². The van der Waals surface area contributed by atoms with Gasteiger partial charge in [0.05, 0.1) is 10.6 Å². The Morgan fingerprint density at radius 1 is 1.06 bits per heavy atom. The summed E-state index contributed by atoms with van der Waals surface area (Å²) in [4.78, 5) is 22.9. The van der Waals surface area contributed by atoms with Crippen LogP contribution in [-0.2, 0) is 22.9 Å². The summed E-state index contributed by atoms with van der Waals surface area (Å²) in [5.74, 6) is -0.770. The van der Waals surface area contributed by atoms with Crippen molar-refractivity contribution < 1.29 is 26.4 Å². The number of alkyl halides is 3. The Bertz CT molecular complexity index is 1360. The molecule has 0 saturated heterocycles. The number of sulfone groups is 1. The molecule has 0 saturated carbocycles. The highest BCUT2D eigenvalue weighted by Crippen LogP contribution is 2.29. The van der Waals surface area contributed by atoms with Crippen LogP contribution in [-0.4, -0.2) is 43.1 Å². The molecule has 3 aromatic rings. The number of amides is 1. The van der Waals surface area contributed by atoms with Gasteiger partial charge in [0.1, 0.15) is 13.1 Å². The van der Waals surface area contributed by atoms with Gasteiger partial charge in [-0.2, -0.15) is 23.2 Å². The maximum Gasteiger partial charge on any atom is 0.405 e. The minimum Gasteiger partial charge on any atom is -0.342 e. The van der Waals surface area contributed by atoms with E-state index in [0.717, 1.165) is 6.26 Å². The fourth-order valence-corrected chi connectivity index (χ4v) is 4.58. The minimum absolute atomic E-state index is 0.0215. The van der Waals surface area contributed by atoms with Crippen molar-refractivity contribution >= 4 is 15.7 Å². The number of benzene rings is 2. The highest BCUT2D eigenvalue weighted by atomic mass is 32.2. The molecule has 8 nitrogen and oxygen atoms in total. The van der Waals surface area contributed by atoms with Crippen LogP contribution < -0.4 is 5.32 Å². The molecule has 0 radical (unpaired) electrons. The summed E-state index contributed by atoms with van der Waals surface area (Å²) >= 11 is 0. The summed E-state index contributed by atoms with van der Waals surface area (Å²) in [5, 5.41) is 8.83. The molecule has 3 rings (SSSR count). The van der Waals surface area contributed by atoms with Gasteiger partial charge in [-0.3, -0.25) is 9.48 Å². The first-order valence-corrected chi connectivity index (χ1v) is 12.8. The molecule has 1 N–H and O–H groups in total. The molecular weight excluding hydrogens is 497 g/mol. The van der Waals surface area contributed by atoms with Crippen LogP contribution in [0.4, 0.5) is 13.2 Å². The largest absolute Gasteiger partial charge is 0.405 e. The molecule has 1 amide bonds. The van der Waals surface area contributed by atoms with Gasteiger partial charge >= 0.3 is 6.18 Å². The third-order valence-electron chi connectivity index (χ3n) is 5.22. The normalized spacial score (nSPS) is 12.1. The number of halogens is 3. The Morgan fingerprint density at radius 3 is 2.22 bits per heavy atom. The zero-order valence-corrected chi connectivity index (χ0v) is 20.7. The van der Waals surface area contributed by atoms with E-state index in [1.165, 1.54) is 12.1 Å². The van der Waals surface area contributed by atoms with Gasteiger partial charge < -0.3 is 5.32 Å². The Kier molecular flexibility index (Phi) is 7.97. The smallest absolute Gasteiger partial charge is 0.342 e. The molecule has 0 bridgehead atoms. The summed E-state index contributed by atoms with van der Waals surface area (Å²) < 4.78 is 63.4. The van der Waals surface area contributed by atoms with Crippen LogP contribution >= 0.6 is 0 Å². The van der Waals surface area contributed by atoms with Gasteiger partial charge in [-0.1, -0.05) is 55.4 Å². The molecule has 1 heterocycles. The van der Waals surface area contributed by atoms with E-state index >= 15 is 0 Å². The Balaban J connectivity index is 1.95. The van der Waals surface area contributed by atoms with Gasteiger partial charge in [-0.05, 0) is 40.3 Å². The lowest BCUT2D eigenvalue weighted by molar-refractivity contribution is -0.123. The van der Waals surface area contributed by atoms with Gasteiger partial charge in [-0.15, -0.1) is 0 Å². The number of nitrogens with zero attached hydrogens (tertiary/aromatic N) is 3. The molecule has 36 heavy (non-hydrogen) atoms. The van der Waals surface area contributed by atoms with Crippen molar-refractivity contribution in [1.82, 2.24) is 15.1 Å².